The van der Waals surface area contributed by atoms with Gasteiger partial charge in [-0.3, -0.25) is 19.3 Å². The lowest BCUT2D eigenvalue weighted by atomic mass is 9.97. The van der Waals surface area contributed by atoms with Crippen molar-refractivity contribution in [3.05, 3.63) is 34.4 Å². The number of carboxylic acids is 1. The van der Waals surface area contributed by atoms with Crippen molar-refractivity contribution in [1.82, 2.24) is 4.90 Å². The van der Waals surface area contributed by atoms with Gasteiger partial charge < -0.3 is 5.11 Å². The second-order valence-electron chi connectivity index (χ2n) is 4.99. The summed E-state index contributed by atoms with van der Waals surface area (Å²) >= 11 is 0. The van der Waals surface area contributed by atoms with Crippen LogP contribution >= 0.6 is 0 Å². The van der Waals surface area contributed by atoms with Crippen LogP contribution in [0.1, 0.15) is 45.7 Å². The molecule has 1 aliphatic heterocycles. The number of imide groups is 1. The van der Waals surface area contributed by atoms with Crippen LogP contribution in [0.25, 0.3) is 0 Å². The second-order valence-corrected chi connectivity index (χ2v) is 4.99. The normalized spacial score (nSPS) is 14.2. The molecule has 0 bridgehead atoms. The molecule has 0 aliphatic carbocycles. The number of carbonyl (C=O) groups is 3. The summed E-state index contributed by atoms with van der Waals surface area (Å²) in [4.78, 5) is 36.5. The third-order valence-corrected chi connectivity index (χ3v) is 3.10. The molecule has 5 nitrogen and oxygen atoms in total. The predicted molar refractivity (Wildman–Crippen MR) is 68.2 cm³/mol. The van der Waals surface area contributed by atoms with E-state index in [9.17, 15) is 14.4 Å². The summed E-state index contributed by atoms with van der Waals surface area (Å²) in [5.41, 5.74) is 1.74. The summed E-state index contributed by atoms with van der Waals surface area (Å²) in [6.07, 6.45) is -0.255. The molecule has 1 heterocycles. The molecule has 2 amide bonds. The first-order valence-electron chi connectivity index (χ1n) is 6.06. The van der Waals surface area contributed by atoms with E-state index < -0.39 is 11.9 Å². The first kappa shape index (κ1) is 13.3. The van der Waals surface area contributed by atoms with Crippen LogP contribution in [-0.2, 0) is 11.2 Å². The standard InChI is InChI=1S/C14H15NO4/c1-7(2)15-13(18)10-5-8(3)4-9(6-11(16)17)12(10)14(15)19/h4-5,7H,6H2,1-3H3,(H,16,17). The molecule has 0 unspecified atom stereocenters. The molecule has 2 rings (SSSR count). The molecule has 0 saturated heterocycles. The fourth-order valence-electron chi connectivity index (χ4n) is 2.40. The number of aliphatic carboxylic acids is 1. The van der Waals surface area contributed by atoms with Crippen LogP contribution in [0.3, 0.4) is 0 Å². The van der Waals surface area contributed by atoms with Crippen LogP contribution in [0.2, 0.25) is 0 Å². The fraction of sp³-hybridized carbons (Fsp3) is 0.357. The Bertz CT molecular complexity index is 589. The number of fused-ring (bicyclic) bond motifs is 1. The van der Waals surface area contributed by atoms with E-state index in [2.05, 4.69) is 0 Å². The summed E-state index contributed by atoms with van der Waals surface area (Å²) in [6.45, 7) is 5.29. The smallest absolute Gasteiger partial charge is 0.307 e. The zero-order chi connectivity index (χ0) is 14.3. The average Bonchev–Trinajstić information content (AvgIpc) is 2.50. The van der Waals surface area contributed by atoms with Crippen molar-refractivity contribution >= 4 is 17.8 Å². The average molecular weight is 261 g/mol. The number of nitrogens with zero attached hydrogens (tertiary/aromatic N) is 1. The van der Waals surface area contributed by atoms with E-state index in [1.54, 1.807) is 32.9 Å². The monoisotopic (exact) mass is 261 g/mol. The van der Waals surface area contributed by atoms with Gasteiger partial charge in [0.15, 0.2) is 0 Å². The third-order valence-electron chi connectivity index (χ3n) is 3.10. The number of benzene rings is 1. The fourth-order valence-corrected chi connectivity index (χ4v) is 2.40. The second kappa shape index (κ2) is 4.50. The number of hydrogen-bond donors (Lipinski definition) is 1. The zero-order valence-corrected chi connectivity index (χ0v) is 11.1. The van der Waals surface area contributed by atoms with E-state index in [4.69, 9.17) is 5.11 Å². The SMILES string of the molecule is Cc1cc(CC(=O)O)c2c(c1)C(=O)N(C(C)C)C2=O. The molecular weight excluding hydrogens is 246 g/mol. The Morgan fingerprint density at radius 1 is 1.26 bits per heavy atom. The van der Waals surface area contributed by atoms with Gasteiger partial charge in [0.1, 0.15) is 0 Å². The molecule has 0 saturated carbocycles. The minimum absolute atomic E-state index is 0.242. The maximum atomic E-state index is 12.3. The van der Waals surface area contributed by atoms with E-state index in [1.165, 1.54) is 4.90 Å². The van der Waals surface area contributed by atoms with Crippen LogP contribution in [0.4, 0.5) is 0 Å². The number of carboxylic acid groups (broad SMARTS) is 1. The van der Waals surface area contributed by atoms with Crippen LogP contribution < -0.4 is 0 Å². The minimum Gasteiger partial charge on any atom is -0.481 e. The molecule has 100 valence electrons. The highest BCUT2D eigenvalue weighted by atomic mass is 16.4. The summed E-state index contributed by atoms with van der Waals surface area (Å²) in [6, 6.07) is 3.05. The van der Waals surface area contributed by atoms with Gasteiger partial charge in [-0.25, -0.2) is 0 Å². The Hall–Kier alpha value is -2.17. The van der Waals surface area contributed by atoms with Crippen LogP contribution in [0.15, 0.2) is 12.1 Å². The Labute approximate surface area is 110 Å². The molecule has 1 aromatic rings. The van der Waals surface area contributed by atoms with Crippen LogP contribution in [0, 0.1) is 6.92 Å². The number of carbonyl (C=O) groups excluding carboxylic acids is 2. The maximum Gasteiger partial charge on any atom is 0.307 e. The van der Waals surface area contributed by atoms with Gasteiger partial charge in [-0.15, -0.1) is 0 Å². The van der Waals surface area contributed by atoms with Crippen molar-refractivity contribution in [2.24, 2.45) is 0 Å². The van der Waals surface area contributed by atoms with Crippen molar-refractivity contribution in [3.63, 3.8) is 0 Å². The molecule has 0 radical (unpaired) electrons. The van der Waals surface area contributed by atoms with E-state index >= 15 is 0 Å². The quantitative estimate of drug-likeness (QED) is 0.839. The number of rotatable bonds is 3. The number of amides is 2. The van der Waals surface area contributed by atoms with Crippen LogP contribution in [-0.4, -0.2) is 33.8 Å². The molecule has 1 N–H and O–H groups in total. The summed E-state index contributed by atoms with van der Waals surface area (Å²) in [7, 11) is 0. The van der Waals surface area contributed by atoms with Gasteiger partial charge in [0, 0.05) is 6.04 Å². The third kappa shape index (κ3) is 2.12. The van der Waals surface area contributed by atoms with Crippen LogP contribution in [0.5, 0.6) is 0 Å². The van der Waals surface area contributed by atoms with Gasteiger partial charge >= 0.3 is 5.97 Å². The molecule has 19 heavy (non-hydrogen) atoms. The first-order valence-corrected chi connectivity index (χ1v) is 6.06. The van der Waals surface area contributed by atoms with E-state index in [0.717, 1.165) is 5.56 Å². The number of hydrogen-bond acceptors (Lipinski definition) is 3. The Balaban J connectivity index is 2.61. The van der Waals surface area contributed by atoms with Gasteiger partial charge in [-0.1, -0.05) is 6.07 Å². The van der Waals surface area contributed by atoms with Gasteiger partial charge in [0.2, 0.25) is 0 Å². The molecule has 1 aliphatic rings. The molecule has 5 heteroatoms. The summed E-state index contributed by atoms with van der Waals surface area (Å²) in [5, 5.41) is 8.91. The van der Waals surface area contributed by atoms with Crippen molar-refractivity contribution in [1.29, 1.82) is 0 Å². The van der Waals surface area contributed by atoms with Gasteiger partial charge in [0.05, 0.1) is 17.5 Å². The molecule has 0 spiro atoms. The highest BCUT2D eigenvalue weighted by molar-refractivity contribution is 6.22. The van der Waals surface area contributed by atoms with Crippen molar-refractivity contribution in [3.8, 4) is 0 Å². The molecule has 0 atom stereocenters. The molecular formula is C14H15NO4. The lowest BCUT2D eigenvalue weighted by Gasteiger charge is -2.17. The topological polar surface area (TPSA) is 74.7 Å². The van der Waals surface area contributed by atoms with Gasteiger partial charge in [0.25, 0.3) is 11.8 Å². The van der Waals surface area contributed by atoms with Crippen molar-refractivity contribution in [2.45, 2.75) is 33.2 Å². The lowest BCUT2D eigenvalue weighted by molar-refractivity contribution is -0.136. The van der Waals surface area contributed by atoms with E-state index in [0.29, 0.717) is 11.1 Å². The van der Waals surface area contributed by atoms with Gasteiger partial charge in [-0.2, -0.15) is 0 Å². The Morgan fingerprint density at radius 3 is 2.42 bits per heavy atom. The molecule has 0 fully saturated rings. The zero-order valence-electron chi connectivity index (χ0n) is 11.1. The molecule has 0 aromatic heterocycles. The lowest BCUT2D eigenvalue weighted by Crippen LogP contribution is -2.36. The van der Waals surface area contributed by atoms with Gasteiger partial charge in [-0.05, 0) is 38.0 Å². The predicted octanol–water partition coefficient (Wildman–Crippen LogP) is 1.63. The molecule has 1 aromatic carbocycles. The largest absolute Gasteiger partial charge is 0.481 e. The van der Waals surface area contributed by atoms with Crippen molar-refractivity contribution < 1.29 is 19.5 Å². The highest BCUT2D eigenvalue weighted by Gasteiger charge is 2.39. The maximum absolute atomic E-state index is 12.3. The highest BCUT2D eigenvalue weighted by Crippen LogP contribution is 2.29. The minimum atomic E-state index is -1.02. The Kier molecular flexibility index (Phi) is 3.14. The Morgan fingerprint density at radius 2 is 1.89 bits per heavy atom. The summed E-state index contributed by atoms with van der Waals surface area (Å²) < 4.78 is 0. The first-order chi connectivity index (χ1) is 8.82. The summed E-state index contributed by atoms with van der Waals surface area (Å²) in [5.74, 6) is -1.76. The van der Waals surface area contributed by atoms with E-state index in [-0.39, 0.29) is 23.9 Å². The number of aryl methyl sites for hydroxylation is 1. The van der Waals surface area contributed by atoms with Crippen molar-refractivity contribution in [2.75, 3.05) is 0 Å². The van der Waals surface area contributed by atoms with E-state index in [1.807, 2.05) is 0 Å².